The van der Waals surface area contributed by atoms with Gasteiger partial charge in [-0.1, -0.05) is 12.2 Å². The van der Waals surface area contributed by atoms with E-state index in [2.05, 4.69) is 25.9 Å². The molecule has 0 fully saturated rings. The molecule has 0 bridgehead atoms. The monoisotopic (exact) mass is 302 g/mol. The third-order valence-corrected chi connectivity index (χ3v) is 2.78. The summed E-state index contributed by atoms with van der Waals surface area (Å²) in [4.78, 5) is 6.67. The Kier molecular flexibility index (Phi) is 3.11. The number of nitrogens with zero attached hydrogens (tertiary/aromatic N) is 1. The quantitative estimate of drug-likeness (QED) is 0.640. The van der Waals surface area contributed by atoms with Crippen LogP contribution in [0.5, 0.6) is 0 Å². The minimum atomic E-state index is -0.690. The lowest BCUT2D eigenvalue weighted by atomic mass is 10.2. The maximum Gasteiger partial charge on any atom is 0.141 e. The number of aromatic amines is 1. The van der Waals surface area contributed by atoms with Crippen molar-refractivity contribution in [1.82, 2.24) is 9.97 Å². The molecule has 0 atom stereocenters. The summed E-state index contributed by atoms with van der Waals surface area (Å²) in [6.45, 7) is 0. The van der Waals surface area contributed by atoms with Crippen LogP contribution in [0, 0.1) is 16.3 Å². The normalized spacial score (nSPS) is 10.4. The first-order valence-electron chi connectivity index (χ1n) is 4.28. The van der Waals surface area contributed by atoms with Crippen LogP contribution in [-0.2, 0) is 0 Å². The fourth-order valence-electron chi connectivity index (χ4n) is 1.21. The number of benzene rings is 1. The standard InChI is InChI=1S/C10H5BrF2N2S/c11-6-3-5(7(12)4-8(6)13)10-14-2-1-9(16)15-10/h1-4H,(H,14,15,16). The van der Waals surface area contributed by atoms with Gasteiger partial charge in [-0.2, -0.15) is 0 Å². The highest BCUT2D eigenvalue weighted by atomic mass is 79.9. The Morgan fingerprint density at radius 1 is 1.25 bits per heavy atom. The second kappa shape index (κ2) is 4.39. The smallest absolute Gasteiger partial charge is 0.141 e. The van der Waals surface area contributed by atoms with Crippen molar-refractivity contribution >= 4 is 28.1 Å². The summed E-state index contributed by atoms with van der Waals surface area (Å²) < 4.78 is 27.1. The van der Waals surface area contributed by atoms with E-state index in [1.807, 2.05) is 0 Å². The Morgan fingerprint density at radius 3 is 2.69 bits per heavy atom. The van der Waals surface area contributed by atoms with Gasteiger partial charge in [-0.3, -0.25) is 0 Å². The van der Waals surface area contributed by atoms with Crippen molar-refractivity contribution in [2.24, 2.45) is 0 Å². The van der Waals surface area contributed by atoms with Gasteiger partial charge in [-0.05, 0) is 28.1 Å². The molecule has 1 aromatic carbocycles. The van der Waals surface area contributed by atoms with Crippen LogP contribution in [0.1, 0.15) is 0 Å². The summed E-state index contributed by atoms with van der Waals surface area (Å²) in [6, 6.07) is 3.69. The zero-order chi connectivity index (χ0) is 11.7. The second-order valence-corrected chi connectivity index (χ2v) is 4.32. The van der Waals surface area contributed by atoms with Crippen LogP contribution in [-0.4, -0.2) is 9.97 Å². The predicted molar refractivity (Wildman–Crippen MR) is 62.5 cm³/mol. The van der Waals surface area contributed by atoms with E-state index in [-0.39, 0.29) is 15.9 Å². The number of aromatic nitrogens is 2. The van der Waals surface area contributed by atoms with Gasteiger partial charge in [-0.15, -0.1) is 0 Å². The maximum absolute atomic E-state index is 13.5. The molecule has 0 spiro atoms. The summed E-state index contributed by atoms with van der Waals surface area (Å²) in [6.07, 6.45) is 1.46. The van der Waals surface area contributed by atoms with Crippen molar-refractivity contribution in [3.63, 3.8) is 0 Å². The first-order valence-corrected chi connectivity index (χ1v) is 5.48. The Hall–Kier alpha value is -1.14. The van der Waals surface area contributed by atoms with Gasteiger partial charge in [0.2, 0.25) is 0 Å². The summed E-state index contributed by atoms with van der Waals surface area (Å²) in [5.41, 5.74) is 0.167. The molecule has 2 aromatic rings. The third kappa shape index (κ3) is 2.17. The molecule has 0 saturated carbocycles. The van der Waals surface area contributed by atoms with Gasteiger partial charge in [-0.25, -0.2) is 13.8 Å². The van der Waals surface area contributed by atoms with Gasteiger partial charge in [0.1, 0.15) is 22.1 Å². The van der Waals surface area contributed by atoms with Gasteiger partial charge in [0, 0.05) is 12.3 Å². The summed E-state index contributed by atoms with van der Waals surface area (Å²) in [5.74, 6) is -1.08. The van der Waals surface area contributed by atoms with Crippen LogP contribution < -0.4 is 0 Å². The summed E-state index contributed by atoms with van der Waals surface area (Å²) in [5, 5.41) is 0. The zero-order valence-electron chi connectivity index (χ0n) is 7.80. The molecule has 6 heteroatoms. The first-order chi connectivity index (χ1) is 7.58. The average Bonchev–Trinajstić information content (AvgIpc) is 2.23. The Morgan fingerprint density at radius 2 is 2.00 bits per heavy atom. The fourth-order valence-corrected chi connectivity index (χ4v) is 1.71. The summed E-state index contributed by atoms with van der Waals surface area (Å²) in [7, 11) is 0. The molecule has 2 rings (SSSR count). The second-order valence-electron chi connectivity index (χ2n) is 3.03. The van der Waals surface area contributed by atoms with Crippen molar-refractivity contribution in [3.05, 3.63) is 45.1 Å². The minimum absolute atomic E-state index is 0.167. The van der Waals surface area contributed by atoms with Crippen molar-refractivity contribution in [2.45, 2.75) is 0 Å². The Balaban J connectivity index is 2.65. The Labute approximate surface area is 103 Å². The molecular formula is C10H5BrF2N2S. The highest BCUT2D eigenvalue weighted by Gasteiger charge is 2.11. The van der Waals surface area contributed by atoms with Crippen molar-refractivity contribution in [2.75, 3.05) is 0 Å². The number of hydrogen-bond donors (Lipinski definition) is 1. The molecule has 16 heavy (non-hydrogen) atoms. The van der Waals surface area contributed by atoms with Crippen LogP contribution in [0.15, 0.2) is 28.9 Å². The molecule has 0 saturated heterocycles. The minimum Gasteiger partial charge on any atom is -0.331 e. The van der Waals surface area contributed by atoms with Crippen LogP contribution in [0.25, 0.3) is 11.4 Å². The van der Waals surface area contributed by atoms with Gasteiger partial charge in [0.05, 0.1) is 10.0 Å². The van der Waals surface area contributed by atoms with E-state index < -0.39 is 11.6 Å². The number of hydrogen-bond acceptors (Lipinski definition) is 2. The third-order valence-electron chi connectivity index (χ3n) is 1.94. The lowest BCUT2D eigenvalue weighted by Crippen LogP contribution is -1.93. The first kappa shape index (κ1) is 11.3. The van der Waals surface area contributed by atoms with E-state index in [1.165, 1.54) is 12.3 Å². The summed E-state index contributed by atoms with van der Waals surface area (Å²) >= 11 is 7.88. The van der Waals surface area contributed by atoms with Gasteiger partial charge >= 0.3 is 0 Å². The van der Waals surface area contributed by atoms with Crippen molar-refractivity contribution < 1.29 is 8.78 Å². The maximum atomic E-state index is 13.5. The van der Waals surface area contributed by atoms with Crippen molar-refractivity contribution in [1.29, 1.82) is 0 Å². The number of nitrogens with one attached hydrogen (secondary N) is 1. The highest BCUT2D eigenvalue weighted by Crippen LogP contribution is 2.25. The molecule has 82 valence electrons. The van der Waals surface area contributed by atoms with E-state index in [0.717, 1.165) is 6.07 Å². The largest absolute Gasteiger partial charge is 0.331 e. The van der Waals surface area contributed by atoms with E-state index in [1.54, 1.807) is 6.07 Å². The molecule has 0 aliphatic rings. The van der Waals surface area contributed by atoms with Gasteiger partial charge in [0.15, 0.2) is 0 Å². The highest BCUT2D eigenvalue weighted by molar-refractivity contribution is 9.10. The van der Waals surface area contributed by atoms with E-state index in [4.69, 9.17) is 12.2 Å². The molecule has 1 N–H and O–H groups in total. The van der Waals surface area contributed by atoms with Crippen LogP contribution in [0.2, 0.25) is 0 Å². The Bertz CT molecular complexity index is 598. The molecular weight excluding hydrogens is 298 g/mol. The lowest BCUT2D eigenvalue weighted by molar-refractivity contribution is 0.580. The zero-order valence-corrected chi connectivity index (χ0v) is 10.2. The molecule has 0 aliphatic heterocycles. The number of rotatable bonds is 1. The fraction of sp³-hybridized carbons (Fsp3) is 0. The topological polar surface area (TPSA) is 28.7 Å². The average molecular weight is 303 g/mol. The molecule has 2 nitrogen and oxygen atoms in total. The molecule has 1 heterocycles. The van der Waals surface area contributed by atoms with Crippen molar-refractivity contribution in [3.8, 4) is 11.4 Å². The van der Waals surface area contributed by atoms with Gasteiger partial charge < -0.3 is 4.98 Å². The molecule has 1 aromatic heterocycles. The molecule has 0 amide bonds. The van der Waals surface area contributed by atoms with Gasteiger partial charge in [0.25, 0.3) is 0 Å². The van der Waals surface area contributed by atoms with Crippen LogP contribution in [0.4, 0.5) is 8.78 Å². The number of H-pyrrole nitrogens is 1. The molecule has 0 radical (unpaired) electrons. The molecule has 0 unspecified atom stereocenters. The lowest BCUT2D eigenvalue weighted by Gasteiger charge is -2.04. The molecule has 0 aliphatic carbocycles. The van der Waals surface area contributed by atoms with Crippen LogP contribution >= 0.6 is 28.1 Å². The number of halogens is 3. The van der Waals surface area contributed by atoms with Crippen LogP contribution in [0.3, 0.4) is 0 Å². The predicted octanol–water partition coefficient (Wildman–Crippen LogP) is 3.85. The van der Waals surface area contributed by atoms with E-state index in [9.17, 15) is 8.78 Å². The SMILES string of the molecule is Fc1cc(F)c(-c2nccc(=S)[nH]2)cc1Br. The van der Waals surface area contributed by atoms with E-state index in [0.29, 0.717) is 4.64 Å². The van der Waals surface area contributed by atoms with E-state index >= 15 is 0 Å².